The maximum Gasteiger partial charge on any atom is 0.327 e. The molecule has 34 heavy (non-hydrogen) atoms. The molecule has 0 atom stereocenters. The molecule has 2 fully saturated rings. The largest absolute Gasteiger partial charge is 0.357 e. The molecule has 0 saturated carbocycles. The maximum absolute atomic E-state index is 13.8. The average Bonchev–Trinajstić information content (AvgIpc) is 3.33. The minimum atomic E-state index is -0.731. The quantitative estimate of drug-likeness (QED) is 0.531. The van der Waals surface area contributed by atoms with Gasteiger partial charge in [-0.3, -0.25) is 19.6 Å². The van der Waals surface area contributed by atoms with Crippen molar-refractivity contribution < 1.29 is 9.59 Å². The second-order valence-electron chi connectivity index (χ2n) is 10.1. The number of amides is 3. The van der Waals surface area contributed by atoms with Crippen LogP contribution < -0.4 is 0 Å². The van der Waals surface area contributed by atoms with E-state index in [1.807, 2.05) is 23.1 Å². The minimum absolute atomic E-state index is 0.0460. The molecule has 2 saturated heterocycles. The number of fused-ring (bicyclic) bond motifs is 1. The van der Waals surface area contributed by atoms with E-state index in [9.17, 15) is 9.59 Å². The van der Waals surface area contributed by atoms with Crippen LogP contribution in [0.5, 0.6) is 0 Å². The topological polar surface area (TPSA) is 72.5 Å². The second kappa shape index (κ2) is 9.22. The van der Waals surface area contributed by atoms with Gasteiger partial charge in [0.25, 0.3) is 5.91 Å². The average molecular weight is 460 g/mol. The van der Waals surface area contributed by atoms with Crippen molar-refractivity contribution in [2.45, 2.75) is 51.7 Å². The summed E-state index contributed by atoms with van der Waals surface area (Å²) in [6, 6.07) is 14.1. The van der Waals surface area contributed by atoms with Gasteiger partial charge in [0.15, 0.2) is 0 Å². The first kappa shape index (κ1) is 22.6. The van der Waals surface area contributed by atoms with Crippen molar-refractivity contribution in [1.29, 1.82) is 0 Å². The molecule has 7 nitrogen and oxygen atoms in total. The van der Waals surface area contributed by atoms with Crippen molar-refractivity contribution in [3.63, 3.8) is 0 Å². The molecule has 3 aromatic rings. The lowest BCUT2D eigenvalue weighted by Gasteiger charge is -2.42. The monoisotopic (exact) mass is 459 g/mol. The van der Waals surface area contributed by atoms with Crippen LogP contribution in [-0.4, -0.2) is 61.8 Å². The lowest BCUT2D eigenvalue weighted by molar-refractivity contribution is -0.136. The van der Waals surface area contributed by atoms with Crippen molar-refractivity contribution >= 4 is 22.8 Å². The number of benzene rings is 1. The summed E-state index contributed by atoms with van der Waals surface area (Å²) in [6.45, 7) is 7.60. The maximum atomic E-state index is 13.8. The normalized spacial score (nSPS) is 18.7. The number of aromatic amines is 1. The van der Waals surface area contributed by atoms with Crippen LogP contribution in [0.3, 0.4) is 0 Å². The molecular weight excluding hydrogens is 426 g/mol. The number of nitrogens with zero attached hydrogens (tertiary/aromatic N) is 4. The van der Waals surface area contributed by atoms with Gasteiger partial charge in [-0.05, 0) is 54.3 Å². The number of rotatable bonds is 7. The van der Waals surface area contributed by atoms with Crippen LogP contribution in [0.15, 0.2) is 54.9 Å². The first-order chi connectivity index (χ1) is 16.5. The number of piperidine rings is 1. The van der Waals surface area contributed by atoms with Gasteiger partial charge < -0.3 is 9.88 Å². The lowest BCUT2D eigenvalue weighted by atomic mass is 9.85. The molecule has 2 aliphatic rings. The fourth-order valence-electron chi connectivity index (χ4n) is 5.32. The Hall–Kier alpha value is -3.19. The highest BCUT2D eigenvalue weighted by molar-refractivity contribution is 6.07. The summed E-state index contributed by atoms with van der Waals surface area (Å²) in [7, 11) is 0. The number of imide groups is 1. The molecule has 178 valence electrons. The van der Waals surface area contributed by atoms with E-state index in [1.165, 1.54) is 16.0 Å². The number of likely N-dealkylation sites (tertiary alicyclic amines) is 1. The third-order valence-electron chi connectivity index (χ3n) is 7.28. The Kier molecular flexibility index (Phi) is 6.13. The molecule has 2 aromatic heterocycles. The van der Waals surface area contributed by atoms with Crippen LogP contribution in [0.25, 0.3) is 10.9 Å². The second-order valence-corrected chi connectivity index (χ2v) is 10.1. The van der Waals surface area contributed by atoms with Gasteiger partial charge in [-0.15, -0.1) is 0 Å². The van der Waals surface area contributed by atoms with Crippen LogP contribution in [0.2, 0.25) is 0 Å². The number of nitrogens with one attached hydrogen (secondary N) is 1. The van der Waals surface area contributed by atoms with Crippen LogP contribution in [0.1, 0.15) is 44.4 Å². The first-order valence-electron chi connectivity index (χ1n) is 12.3. The number of aromatic nitrogens is 2. The number of pyridine rings is 1. The van der Waals surface area contributed by atoms with Gasteiger partial charge in [0.2, 0.25) is 0 Å². The zero-order valence-electron chi connectivity index (χ0n) is 20.0. The van der Waals surface area contributed by atoms with Gasteiger partial charge in [-0.25, -0.2) is 4.79 Å². The Morgan fingerprint density at radius 2 is 1.85 bits per heavy atom. The predicted molar refractivity (Wildman–Crippen MR) is 132 cm³/mol. The van der Waals surface area contributed by atoms with E-state index in [-0.39, 0.29) is 18.5 Å². The molecular formula is C27H33N5O2. The Bertz CT molecular complexity index is 1130. The van der Waals surface area contributed by atoms with Crippen molar-refractivity contribution in [3.8, 4) is 0 Å². The number of carbonyl (C=O) groups is 2. The number of hydrogen-bond acceptors (Lipinski definition) is 4. The molecule has 0 bridgehead atoms. The number of hydrogen-bond donors (Lipinski definition) is 1. The van der Waals surface area contributed by atoms with Crippen LogP contribution in [-0.2, 0) is 17.9 Å². The molecule has 0 aliphatic carbocycles. The SMILES string of the molecule is CC(C)CCN1C(=O)N(Cc2cccnc2)C(=O)C12CCN(Cc1cc3ccccc3[nH]1)CC2. The first-order valence-corrected chi connectivity index (χ1v) is 12.3. The summed E-state index contributed by atoms with van der Waals surface area (Å²) in [5, 5.41) is 1.22. The third-order valence-corrected chi connectivity index (χ3v) is 7.28. The highest BCUT2D eigenvalue weighted by Gasteiger charge is 2.57. The molecule has 0 unspecified atom stereocenters. The summed E-state index contributed by atoms with van der Waals surface area (Å²) in [6.07, 6.45) is 5.66. The zero-order chi connectivity index (χ0) is 23.7. The predicted octanol–water partition coefficient (Wildman–Crippen LogP) is 4.41. The number of H-pyrrole nitrogens is 1. The Morgan fingerprint density at radius 1 is 1.06 bits per heavy atom. The lowest BCUT2D eigenvalue weighted by Crippen LogP contribution is -2.56. The van der Waals surface area contributed by atoms with Gasteiger partial charge in [0.05, 0.1) is 6.54 Å². The Balaban J connectivity index is 1.33. The Morgan fingerprint density at radius 3 is 2.56 bits per heavy atom. The molecule has 2 aliphatic heterocycles. The van der Waals surface area contributed by atoms with Gasteiger partial charge in [0.1, 0.15) is 5.54 Å². The smallest absolute Gasteiger partial charge is 0.327 e. The van der Waals surface area contributed by atoms with Crippen molar-refractivity contribution in [1.82, 2.24) is 24.7 Å². The number of para-hydroxylation sites is 1. The van der Waals surface area contributed by atoms with E-state index in [0.29, 0.717) is 25.3 Å². The molecule has 1 aromatic carbocycles. The van der Waals surface area contributed by atoms with Crippen molar-refractivity contribution in [2.24, 2.45) is 5.92 Å². The molecule has 0 radical (unpaired) electrons. The highest BCUT2D eigenvalue weighted by Crippen LogP contribution is 2.38. The number of urea groups is 1. The van der Waals surface area contributed by atoms with E-state index < -0.39 is 5.54 Å². The molecule has 7 heteroatoms. The molecule has 3 amide bonds. The van der Waals surface area contributed by atoms with E-state index in [4.69, 9.17) is 0 Å². The van der Waals surface area contributed by atoms with E-state index >= 15 is 0 Å². The van der Waals surface area contributed by atoms with Crippen LogP contribution in [0, 0.1) is 5.92 Å². The van der Waals surface area contributed by atoms with E-state index in [2.05, 4.69) is 53.0 Å². The van der Waals surface area contributed by atoms with Gasteiger partial charge in [-0.1, -0.05) is 38.1 Å². The van der Waals surface area contributed by atoms with Crippen LogP contribution in [0.4, 0.5) is 4.79 Å². The molecule has 1 N–H and O–H groups in total. The Labute approximate surface area is 200 Å². The van der Waals surface area contributed by atoms with Gasteiger partial charge >= 0.3 is 6.03 Å². The molecule has 1 spiro atoms. The summed E-state index contributed by atoms with van der Waals surface area (Å²) in [4.78, 5) is 40.6. The fourth-order valence-corrected chi connectivity index (χ4v) is 5.32. The highest BCUT2D eigenvalue weighted by atomic mass is 16.2. The van der Waals surface area contributed by atoms with Crippen molar-refractivity contribution in [2.75, 3.05) is 19.6 Å². The summed E-state index contributed by atoms with van der Waals surface area (Å²) in [5.41, 5.74) is 2.47. The standard InChI is InChI=1S/C27H33N5O2/c1-20(2)9-13-32-26(34)31(18-21-6-5-12-28-17-21)25(33)27(32)10-14-30(15-11-27)19-23-16-22-7-3-4-8-24(22)29-23/h3-8,12,16-17,20,29H,9-11,13-15,18-19H2,1-2H3. The number of carbonyl (C=O) groups excluding carboxylic acids is 2. The minimum Gasteiger partial charge on any atom is -0.357 e. The summed E-state index contributed by atoms with van der Waals surface area (Å²) in [5.74, 6) is 0.421. The third kappa shape index (κ3) is 4.20. The fraction of sp³-hybridized carbons (Fsp3) is 0.444. The zero-order valence-corrected chi connectivity index (χ0v) is 20.0. The van der Waals surface area contributed by atoms with Crippen LogP contribution >= 0.6 is 0 Å². The van der Waals surface area contributed by atoms with E-state index in [0.717, 1.165) is 37.1 Å². The van der Waals surface area contributed by atoms with E-state index in [1.54, 1.807) is 12.4 Å². The van der Waals surface area contributed by atoms with Gasteiger partial charge in [0, 0.05) is 49.8 Å². The summed E-state index contributed by atoms with van der Waals surface area (Å²) < 4.78 is 0. The molecule has 4 heterocycles. The summed E-state index contributed by atoms with van der Waals surface area (Å²) >= 11 is 0. The van der Waals surface area contributed by atoms with Crippen molar-refractivity contribution in [3.05, 3.63) is 66.1 Å². The molecule has 5 rings (SSSR count). The van der Waals surface area contributed by atoms with Gasteiger partial charge in [-0.2, -0.15) is 0 Å².